The van der Waals surface area contributed by atoms with Gasteiger partial charge in [0.1, 0.15) is 6.07 Å². The summed E-state index contributed by atoms with van der Waals surface area (Å²) in [5, 5.41) is 18.0. The van der Waals surface area contributed by atoms with Gasteiger partial charge in [0.15, 0.2) is 0 Å². The maximum Gasteiger partial charge on any atom is 0.101 e. The van der Waals surface area contributed by atoms with E-state index in [-0.39, 0.29) is 12.5 Å². The summed E-state index contributed by atoms with van der Waals surface area (Å²) in [6.07, 6.45) is 3.31. The van der Waals surface area contributed by atoms with Crippen LogP contribution in [0.25, 0.3) is 0 Å². The van der Waals surface area contributed by atoms with Crippen LogP contribution in [0.15, 0.2) is 6.20 Å². The van der Waals surface area contributed by atoms with E-state index in [1.807, 2.05) is 6.92 Å². The van der Waals surface area contributed by atoms with E-state index < -0.39 is 0 Å². The highest BCUT2D eigenvalue weighted by molar-refractivity contribution is 5.46. The second-order valence-corrected chi connectivity index (χ2v) is 3.78. The summed E-state index contributed by atoms with van der Waals surface area (Å²) in [5.41, 5.74) is 3.93. The molecule has 2 rings (SSSR count). The smallest absolute Gasteiger partial charge is 0.101 e. The Labute approximate surface area is 83.0 Å². The summed E-state index contributed by atoms with van der Waals surface area (Å²) in [7, 11) is 0. The monoisotopic (exact) mass is 188 g/mol. The molecule has 0 saturated heterocycles. The van der Waals surface area contributed by atoms with E-state index in [0.29, 0.717) is 5.56 Å². The molecule has 3 nitrogen and oxygen atoms in total. The molecule has 1 unspecified atom stereocenters. The van der Waals surface area contributed by atoms with Gasteiger partial charge in [-0.25, -0.2) is 0 Å². The number of pyridine rings is 1. The fourth-order valence-corrected chi connectivity index (χ4v) is 2.08. The van der Waals surface area contributed by atoms with E-state index in [0.717, 1.165) is 24.1 Å². The van der Waals surface area contributed by atoms with Gasteiger partial charge < -0.3 is 5.11 Å². The van der Waals surface area contributed by atoms with Gasteiger partial charge in [-0.3, -0.25) is 4.98 Å². The van der Waals surface area contributed by atoms with Gasteiger partial charge in [-0.2, -0.15) is 5.26 Å². The fraction of sp³-hybridized carbons (Fsp3) is 0.455. The minimum Gasteiger partial charge on any atom is -0.396 e. The predicted molar refractivity (Wildman–Crippen MR) is 51.7 cm³/mol. The third-order valence-corrected chi connectivity index (χ3v) is 2.88. The van der Waals surface area contributed by atoms with Crippen molar-refractivity contribution < 1.29 is 5.11 Å². The Kier molecular flexibility index (Phi) is 2.22. The van der Waals surface area contributed by atoms with Gasteiger partial charge in [-0.05, 0) is 36.8 Å². The average Bonchev–Trinajstić information content (AvgIpc) is 2.63. The summed E-state index contributed by atoms with van der Waals surface area (Å²) in [4.78, 5) is 4.19. The van der Waals surface area contributed by atoms with E-state index >= 15 is 0 Å². The van der Waals surface area contributed by atoms with Gasteiger partial charge in [0.2, 0.25) is 0 Å². The van der Waals surface area contributed by atoms with Gasteiger partial charge in [-0.1, -0.05) is 0 Å². The molecule has 72 valence electrons. The van der Waals surface area contributed by atoms with Crippen molar-refractivity contribution in [3.05, 3.63) is 28.6 Å². The lowest BCUT2D eigenvalue weighted by Crippen LogP contribution is -2.04. The Morgan fingerprint density at radius 3 is 2.93 bits per heavy atom. The molecule has 3 heteroatoms. The first-order chi connectivity index (χ1) is 6.76. The summed E-state index contributed by atoms with van der Waals surface area (Å²) < 4.78 is 0. The molecule has 1 aromatic rings. The number of rotatable bonds is 1. The lowest BCUT2D eigenvalue weighted by molar-refractivity contribution is 0.232. The third kappa shape index (κ3) is 1.28. The number of nitriles is 1. The van der Waals surface area contributed by atoms with E-state index in [9.17, 15) is 0 Å². The van der Waals surface area contributed by atoms with Gasteiger partial charge in [0.25, 0.3) is 0 Å². The molecular formula is C11H12N2O. The maximum absolute atomic E-state index is 9.09. The standard InChI is InChI=1S/C11H12N2O/c1-7-10-2-8(6-14)3-11(10)9(4-12)5-13-7/h5,8,14H,2-3,6H2,1H3. The van der Waals surface area contributed by atoms with Crippen molar-refractivity contribution in [1.29, 1.82) is 5.26 Å². The highest BCUT2D eigenvalue weighted by atomic mass is 16.3. The van der Waals surface area contributed by atoms with E-state index in [1.165, 1.54) is 5.56 Å². The number of aromatic nitrogens is 1. The minimum absolute atomic E-state index is 0.193. The fourth-order valence-electron chi connectivity index (χ4n) is 2.08. The molecule has 1 aromatic heterocycles. The summed E-state index contributed by atoms with van der Waals surface area (Å²) in [6, 6.07) is 2.16. The Hall–Kier alpha value is -1.40. The van der Waals surface area contributed by atoms with Crippen LogP contribution in [0.3, 0.4) is 0 Å². The maximum atomic E-state index is 9.09. The van der Waals surface area contributed by atoms with Crippen molar-refractivity contribution >= 4 is 0 Å². The van der Waals surface area contributed by atoms with E-state index in [1.54, 1.807) is 6.20 Å². The van der Waals surface area contributed by atoms with Crippen molar-refractivity contribution in [2.24, 2.45) is 5.92 Å². The second-order valence-electron chi connectivity index (χ2n) is 3.78. The van der Waals surface area contributed by atoms with Gasteiger partial charge in [0, 0.05) is 18.5 Å². The van der Waals surface area contributed by atoms with Crippen molar-refractivity contribution in [2.45, 2.75) is 19.8 Å². The Morgan fingerprint density at radius 2 is 2.29 bits per heavy atom. The van der Waals surface area contributed by atoms with E-state index in [2.05, 4.69) is 11.1 Å². The quantitative estimate of drug-likeness (QED) is 0.714. The molecule has 0 fully saturated rings. The van der Waals surface area contributed by atoms with Gasteiger partial charge >= 0.3 is 0 Å². The summed E-state index contributed by atoms with van der Waals surface area (Å²) in [5.74, 6) is 0.278. The first kappa shape index (κ1) is 9.17. The lowest BCUT2D eigenvalue weighted by atomic mass is 10.1. The molecule has 1 heterocycles. The molecule has 1 aliphatic rings. The van der Waals surface area contributed by atoms with Crippen molar-refractivity contribution in [3.63, 3.8) is 0 Å². The number of nitrogens with zero attached hydrogens (tertiary/aromatic N) is 2. The molecule has 0 saturated carbocycles. The summed E-state index contributed by atoms with van der Waals surface area (Å²) >= 11 is 0. The Balaban J connectivity index is 2.49. The zero-order chi connectivity index (χ0) is 10.1. The molecule has 1 N–H and O–H groups in total. The zero-order valence-electron chi connectivity index (χ0n) is 8.12. The van der Waals surface area contributed by atoms with Gasteiger partial charge in [0.05, 0.1) is 5.56 Å². The first-order valence-corrected chi connectivity index (χ1v) is 4.74. The van der Waals surface area contributed by atoms with Crippen LogP contribution in [0.1, 0.15) is 22.4 Å². The molecule has 0 amide bonds. The molecule has 1 atom stereocenters. The molecule has 1 aliphatic carbocycles. The third-order valence-electron chi connectivity index (χ3n) is 2.88. The molecular weight excluding hydrogens is 176 g/mol. The van der Waals surface area contributed by atoms with Crippen LogP contribution in [-0.2, 0) is 12.8 Å². The van der Waals surface area contributed by atoms with E-state index in [4.69, 9.17) is 10.4 Å². The topological polar surface area (TPSA) is 56.9 Å². The summed E-state index contributed by atoms with van der Waals surface area (Å²) in [6.45, 7) is 2.15. The Morgan fingerprint density at radius 1 is 1.57 bits per heavy atom. The number of aliphatic hydroxyl groups excluding tert-OH is 1. The van der Waals surface area contributed by atoms with Crippen LogP contribution >= 0.6 is 0 Å². The second kappa shape index (κ2) is 3.39. The zero-order valence-corrected chi connectivity index (χ0v) is 8.12. The number of aryl methyl sites for hydroxylation is 1. The number of aliphatic hydroxyl groups is 1. The number of fused-ring (bicyclic) bond motifs is 1. The molecule has 14 heavy (non-hydrogen) atoms. The predicted octanol–water partition coefficient (Wildman–Crippen LogP) is 0.969. The first-order valence-electron chi connectivity index (χ1n) is 4.74. The van der Waals surface area contributed by atoms with Crippen LogP contribution in [-0.4, -0.2) is 16.7 Å². The van der Waals surface area contributed by atoms with Crippen LogP contribution in [0.2, 0.25) is 0 Å². The Bertz CT molecular complexity index is 406. The largest absolute Gasteiger partial charge is 0.396 e. The van der Waals surface area contributed by atoms with Crippen molar-refractivity contribution in [2.75, 3.05) is 6.61 Å². The molecule has 0 radical (unpaired) electrons. The highest BCUT2D eigenvalue weighted by Gasteiger charge is 2.25. The minimum atomic E-state index is 0.193. The molecule has 0 spiro atoms. The normalized spacial score (nSPS) is 19.1. The average molecular weight is 188 g/mol. The molecule has 0 bridgehead atoms. The van der Waals surface area contributed by atoms with Crippen molar-refractivity contribution in [3.8, 4) is 6.07 Å². The number of hydrogen-bond acceptors (Lipinski definition) is 3. The molecule has 0 aromatic carbocycles. The SMILES string of the molecule is Cc1ncc(C#N)c2c1CC(CO)C2. The van der Waals surface area contributed by atoms with Gasteiger partial charge in [-0.15, -0.1) is 0 Å². The molecule has 0 aliphatic heterocycles. The van der Waals surface area contributed by atoms with Crippen LogP contribution < -0.4 is 0 Å². The lowest BCUT2D eigenvalue weighted by Gasteiger charge is -2.03. The highest BCUT2D eigenvalue weighted by Crippen LogP contribution is 2.30. The number of hydrogen-bond donors (Lipinski definition) is 1. The van der Waals surface area contributed by atoms with Crippen molar-refractivity contribution in [1.82, 2.24) is 4.98 Å². The van der Waals surface area contributed by atoms with Crippen LogP contribution in [0.4, 0.5) is 0 Å². The van der Waals surface area contributed by atoms with Crippen LogP contribution in [0.5, 0.6) is 0 Å². The van der Waals surface area contributed by atoms with Crippen LogP contribution in [0, 0.1) is 24.2 Å².